The smallest absolute Gasteiger partial charge is 0.160 e. The van der Waals surface area contributed by atoms with Crippen LogP contribution in [-0.4, -0.2) is 20.8 Å². The van der Waals surface area contributed by atoms with E-state index >= 15 is 0 Å². The van der Waals surface area contributed by atoms with Gasteiger partial charge in [0.15, 0.2) is 11.5 Å². The van der Waals surface area contributed by atoms with Crippen LogP contribution in [0, 0.1) is 6.92 Å². The van der Waals surface area contributed by atoms with Gasteiger partial charge in [-0.1, -0.05) is 35.9 Å². The predicted octanol–water partition coefficient (Wildman–Crippen LogP) is 2.32. The van der Waals surface area contributed by atoms with Crippen LogP contribution in [0.3, 0.4) is 0 Å². The molecule has 0 aromatic heterocycles. The summed E-state index contributed by atoms with van der Waals surface area (Å²) in [5.74, 6) is 1.58. The van der Waals surface area contributed by atoms with Crippen molar-refractivity contribution in [1.29, 1.82) is 0 Å². The third kappa shape index (κ3) is 4.50. The molecule has 0 heterocycles. The summed E-state index contributed by atoms with van der Waals surface area (Å²) >= 11 is 0. The van der Waals surface area contributed by atoms with Gasteiger partial charge in [-0.15, -0.1) is 0 Å². The third-order valence-corrected chi connectivity index (χ3v) is 3.59. The topological polar surface area (TPSA) is 35.1 Å². The van der Waals surface area contributed by atoms with Crippen LogP contribution in [0.5, 0.6) is 11.5 Å². The van der Waals surface area contributed by atoms with E-state index in [1.165, 1.54) is 16.7 Å². The summed E-state index contributed by atoms with van der Waals surface area (Å²) in [5.41, 5.74) is 3.95. The Bertz CT molecular complexity index is 564. The van der Waals surface area contributed by atoms with Gasteiger partial charge in [-0.3, -0.25) is 0 Å². The van der Waals surface area contributed by atoms with Crippen molar-refractivity contribution in [2.75, 3.05) is 20.8 Å². The second kappa shape index (κ2) is 7.70. The largest absolute Gasteiger partial charge is 0.493 e. The van der Waals surface area contributed by atoms with Crippen LogP contribution in [-0.2, 0) is 13.0 Å². The van der Waals surface area contributed by atoms with Gasteiger partial charge in [0.1, 0.15) is 6.54 Å². The molecule has 0 amide bonds. The lowest BCUT2D eigenvalue weighted by atomic mass is 10.1. The number of nitrogens with two attached hydrogens (primary N) is 1. The fraction of sp³-hybridized carbons (Fsp3) is 0.333. The van der Waals surface area contributed by atoms with Crippen LogP contribution in [0.1, 0.15) is 16.7 Å². The Hall–Kier alpha value is -2.00. The van der Waals surface area contributed by atoms with Crippen LogP contribution in [0.25, 0.3) is 0 Å². The Morgan fingerprint density at radius 2 is 1.52 bits per heavy atom. The molecule has 21 heavy (non-hydrogen) atoms. The molecule has 3 heteroatoms. The van der Waals surface area contributed by atoms with Gasteiger partial charge in [0.25, 0.3) is 0 Å². The van der Waals surface area contributed by atoms with E-state index < -0.39 is 0 Å². The maximum Gasteiger partial charge on any atom is 0.160 e. The summed E-state index contributed by atoms with van der Waals surface area (Å²) in [5, 5.41) is 2.33. The van der Waals surface area contributed by atoms with E-state index in [0.29, 0.717) is 0 Å². The summed E-state index contributed by atoms with van der Waals surface area (Å²) in [6.45, 7) is 4.20. The summed E-state index contributed by atoms with van der Waals surface area (Å²) in [6, 6.07) is 14.8. The first-order valence-electron chi connectivity index (χ1n) is 7.31. The maximum absolute atomic E-state index is 5.33. The minimum absolute atomic E-state index is 0.782. The second-order valence-corrected chi connectivity index (χ2v) is 5.21. The highest BCUT2D eigenvalue weighted by molar-refractivity contribution is 5.42. The van der Waals surface area contributed by atoms with Crippen molar-refractivity contribution in [2.24, 2.45) is 0 Å². The van der Waals surface area contributed by atoms with Gasteiger partial charge in [0.2, 0.25) is 0 Å². The molecule has 0 radical (unpaired) electrons. The molecule has 0 aliphatic carbocycles. The van der Waals surface area contributed by atoms with Crippen LogP contribution < -0.4 is 14.8 Å². The van der Waals surface area contributed by atoms with Crippen molar-refractivity contribution in [3.63, 3.8) is 0 Å². The van der Waals surface area contributed by atoms with Gasteiger partial charge in [0.05, 0.1) is 20.8 Å². The van der Waals surface area contributed by atoms with E-state index in [-0.39, 0.29) is 0 Å². The molecule has 112 valence electrons. The fourth-order valence-electron chi connectivity index (χ4n) is 2.30. The molecule has 2 N–H and O–H groups in total. The minimum atomic E-state index is 0.782. The standard InChI is InChI=1S/C18H23NO2/c1-14-4-6-16(7-5-14)13-19-11-10-15-8-9-17(20-2)18(12-15)21-3/h4-9,12,19H,10-11,13H2,1-3H3/p+1. The lowest BCUT2D eigenvalue weighted by Gasteiger charge is -2.09. The van der Waals surface area contributed by atoms with Crippen LogP contribution in [0.15, 0.2) is 42.5 Å². The number of hydrogen-bond donors (Lipinski definition) is 1. The maximum atomic E-state index is 5.33. The van der Waals surface area contributed by atoms with Crippen molar-refractivity contribution in [3.8, 4) is 11.5 Å². The van der Waals surface area contributed by atoms with E-state index in [0.717, 1.165) is 31.0 Å². The number of methoxy groups -OCH3 is 2. The molecule has 0 aliphatic heterocycles. The Labute approximate surface area is 126 Å². The number of ether oxygens (including phenoxy) is 2. The first kappa shape index (κ1) is 15.4. The van der Waals surface area contributed by atoms with Gasteiger partial charge < -0.3 is 14.8 Å². The number of aryl methyl sites for hydroxylation is 1. The molecule has 0 bridgehead atoms. The number of rotatable bonds is 7. The van der Waals surface area contributed by atoms with Crippen molar-refractivity contribution < 1.29 is 14.8 Å². The van der Waals surface area contributed by atoms with Crippen molar-refractivity contribution >= 4 is 0 Å². The minimum Gasteiger partial charge on any atom is -0.493 e. The average molecular weight is 286 g/mol. The van der Waals surface area contributed by atoms with Gasteiger partial charge in [-0.05, 0) is 24.6 Å². The highest BCUT2D eigenvalue weighted by Gasteiger charge is 2.05. The molecule has 0 saturated heterocycles. The summed E-state index contributed by atoms with van der Waals surface area (Å²) in [4.78, 5) is 0. The monoisotopic (exact) mass is 286 g/mol. The van der Waals surface area contributed by atoms with Crippen molar-refractivity contribution in [3.05, 3.63) is 59.2 Å². The second-order valence-electron chi connectivity index (χ2n) is 5.21. The molecule has 0 atom stereocenters. The molecule has 2 rings (SSSR count). The highest BCUT2D eigenvalue weighted by atomic mass is 16.5. The Morgan fingerprint density at radius 1 is 0.857 bits per heavy atom. The molecule has 0 fully saturated rings. The Morgan fingerprint density at radius 3 is 2.19 bits per heavy atom. The molecular formula is C18H24NO2+. The normalized spacial score (nSPS) is 10.4. The molecule has 3 nitrogen and oxygen atoms in total. The zero-order chi connectivity index (χ0) is 15.1. The quantitative estimate of drug-likeness (QED) is 0.793. The fourth-order valence-corrected chi connectivity index (χ4v) is 2.30. The highest BCUT2D eigenvalue weighted by Crippen LogP contribution is 2.27. The average Bonchev–Trinajstić information content (AvgIpc) is 2.53. The SMILES string of the molecule is COc1ccc(CC[NH2+]Cc2ccc(C)cc2)cc1OC. The molecular weight excluding hydrogens is 262 g/mol. The zero-order valence-corrected chi connectivity index (χ0v) is 13.1. The Balaban J connectivity index is 1.82. The molecule has 2 aromatic carbocycles. The first-order chi connectivity index (χ1) is 10.2. The van der Waals surface area contributed by atoms with E-state index in [2.05, 4.69) is 48.6 Å². The Kier molecular flexibility index (Phi) is 5.64. The predicted molar refractivity (Wildman–Crippen MR) is 84.9 cm³/mol. The van der Waals surface area contributed by atoms with Gasteiger partial charge in [-0.2, -0.15) is 0 Å². The van der Waals surface area contributed by atoms with E-state index in [1.807, 2.05) is 6.07 Å². The molecule has 2 aromatic rings. The number of benzene rings is 2. The van der Waals surface area contributed by atoms with Gasteiger partial charge in [0, 0.05) is 12.0 Å². The number of hydrogen-bond acceptors (Lipinski definition) is 2. The molecule has 0 spiro atoms. The van der Waals surface area contributed by atoms with E-state index in [4.69, 9.17) is 9.47 Å². The lowest BCUT2D eigenvalue weighted by Crippen LogP contribution is -2.83. The summed E-state index contributed by atoms with van der Waals surface area (Å²) in [6.07, 6.45) is 1.02. The van der Waals surface area contributed by atoms with Crippen molar-refractivity contribution in [2.45, 2.75) is 19.9 Å². The van der Waals surface area contributed by atoms with E-state index in [9.17, 15) is 0 Å². The third-order valence-electron chi connectivity index (χ3n) is 3.59. The van der Waals surface area contributed by atoms with Crippen LogP contribution >= 0.6 is 0 Å². The molecule has 0 saturated carbocycles. The van der Waals surface area contributed by atoms with Gasteiger partial charge in [-0.25, -0.2) is 0 Å². The van der Waals surface area contributed by atoms with Crippen LogP contribution in [0.2, 0.25) is 0 Å². The van der Waals surface area contributed by atoms with Gasteiger partial charge >= 0.3 is 0 Å². The van der Waals surface area contributed by atoms with Crippen LogP contribution in [0.4, 0.5) is 0 Å². The van der Waals surface area contributed by atoms with E-state index in [1.54, 1.807) is 14.2 Å². The molecule has 0 aliphatic rings. The summed E-state index contributed by atoms with van der Waals surface area (Å²) in [7, 11) is 3.33. The summed E-state index contributed by atoms with van der Waals surface area (Å²) < 4.78 is 10.6. The number of quaternary nitrogens is 1. The van der Waals surface area contributed by atoms with Crippen molar-refractivity contribution in [1.82, 2.24) is 0 Å². The zero-order valence-electron chi connectivity index (χ0n) is 13.1. The molecule has 0 unspecified atom stereocenters. The lowest BCUT2D eigenvalue weighted by molar-refractivity contribution is -0.670. The first-order valence-corrected chi connectivity index (χ1v) is 7.31.